The average Bonchev–Trinajstić information content (AvgIpc) is 2.18. The Kier molecular flexibility index (Phi) is 4.87. The van der Waals surface area contributed by atoms with E-state index in [1.165, 1.54) is 23.9 Å². The number of hydrogen-bond donors (Lipinski definition) is 1. The van der Waals surface area contributed by atoms with E-state index < -0.39 is 4.92 Å². The van der Waals surface area contributed by atoms with Gasteiger partial charge < -0.3 is 5.11 Å². The van der Waals surface area contributed by atoms with Gasteiger partial charge in [0.2, 0.25) is 0 Å². The Morgan fingerprint density at radius 3 is 2.87 bits per heavy atom. The maximum absolute atomic E-state index is 10.7. The van der Waals surface area contributed by atoms with Crippen molar-refractivity contribution in [2.24, 2.45) is 0 Å². The molecule has 1 N–H and O–H groups in total. The van der Waals surface area contributed by atoms with E-state index >= 15 is 0 Å². The molecule has 0 heterocycles. The predicted molar refractivity (Wildman–Crippen MR) is 61.4 cm³/mol. The third kappa shape index (κ3) is 3.70. The normalized spacial score (nSPS) is 10.3. The Labute approximate surface area is 96.4 Å². The van der Waals surface area contributed by atoms with Crippen LogP contribution in [-0.2, 0) is 5.75 Å². The first-order valence-electron chi connectivity index (χ1n) is 4.26. The minimum absolute atomic E-state index is 0.0685. The molecule has 0 unspecified atom stereocenters. The lowest BCUT2D eigenvalue weighted by atomic mass is 10.2. The van der Waals surface area contributed by atoms with Gasteiger partial charge in [0.25, 0.3) is 5.69 Å². The molecule has 0 bridgehead atoms. The molecule has 1 aromatic carbocycles. The van der Waals surface area contributed by atoms with E-state index in [4.69, 9.17) is 16.7 Å². The number of nitrogens with zero attached hydrogens (tertiary/aromatic N) is 1. The lowest BCUT2D eigenvalue weighted by molar-refractivity contribution is -0.385. The lowest BCUT2D eigenvalue weighted by Crippen LogP contribution is -1.95. The van der Waals surface area contributed by atoms with Crippen LogP contribution in [0.1, 0.15) is 5.56 Å². The predicted octanol–water partition coefficient (Wildman–Crippen LogP) is 2.47. The number of hydrogen-bond acceptors (Lipinski definition) is 4. The summed E-state index contributed by atoms with van der Waals surface area (Å²) in [6.07, 6.45) is 0. The Morgan fingerprint density at radius 2 is 2.27 bits per heavy atom. The molecular formula is C9H10ClNO3S. The third-order valence-electron chi connectivity index (χ3n) is 1.73. The largest absolute Gasteiger partial charge is 0.396 e. The van der Waals surface area contributed by atoms with Gasteiger partial charge >= 0.3 is 0 Å². The van der Waals surface area contributed by atoms with E-state index in [0.29, 0.717) is 22.1 Å². The van der Waals surface area contributed by atoms with Crippen molar-refractivity contribution in [2.45, 2.75) is 5.75 Å². The summed E-state index contributed by atoms with van der Waals surface area (Å²) in [6, 6.07) is 4.49. The van der Waals surface area contributed by atoms with E-state index in [1.807, 2.05) is 0 Å². The summed E-state index contributed by atoms with van der Waals surface area (Å²) in [5.41, 5.74) is 0.663. The minimum atomic E-state index is -0.425. The van der Waals surface area contributed by atoms with Gasteiger partial charge in [0.15, 0.2) is 0 Å². The minimum Gasteiger partial charge on any atom is -0.396 e. The van der Waals surface area contributed by atoms with E-state index in [2.05, 4.69) is 0 Å². The summed E-state index contributed by atoms with van der Waals surface area (Å²) >= 11 is 7.19. The van der Waals surface area contributed by atoms with Gasteiger partial charge in [0, 0.05) is 28.2 Å². The van der Waals surface area contributed by atoms with Crippen LogP contribution >= 0.6 is 23.4 Å². The summed E-state index contributed by atoms with van der Waals surface area (Å²) in [4.78, 5) is 10.2. The van der Waals surface area contributed by atoms with Crippen LogP contribution in [0.25, 0.3) is 0 Å². The van der Waals surface area contributed by atoms with Gasteiger partial charge in [-0.25, -0.2) is 0 Å². The topological polar surface area (TPSA) is 63.4 Å². The fourth-order valence-corrected chi connectivity index (χ4v) is 2.01. The highest BCUT2D eigenvalue weighted by Crippen LogP contribution is 2.26. The van der Waals surface area contributed by atoms with Crippen LogP contribution < -0.4 is 0 Å². The molecule has 4 nitrogen and oxygen atoms in total. The van der Waals surface area contributed by atoms with Gasteiger partial charge in [0.1, 0.15) is 0 Å². The van der Waals surface area contributed by atoms with Crippen LogP contribution in [0.3, 0.4) is 0 Å². The molecule has 0 saturated heterocycles. The highest BCUT2D eigenvalue weighted by Gasteiger charge is 2.13. The van der Waals surface area contributed by atoms with Crippen LogP contribution in [0.15, 0.2) is 18.2 Å². The number of aliphatic hydroxyl groups excluding tert-OH is 1. The molecule has 0 aliphatic rings. The average molecular weight is 248 g/mol. The number of nitro groups is 1. The first-order chi connectivity index (χ1) is 7.15. The molecule has 0 saturated carbocycles. The first kappa shape index (κ1) is 12.3. The molecule has 82 valence electrons. The zero-order valence-electron chi connectivity index (χ0n) is 7.85. The van der Waals surface area contributed by atoms with E-state index in [-0.39, 0.29) is 12.3 Å². The first-order valence-corrected chi connectivity index (χ1v) is 5.80. The number of benzene rings is 1. The molecule has 0 aliphatic carbocycles. The van der Waals surface area contributed by atoms with Gasteiger partial charge in [-0.15, -0.1) is 0 Å². The summed E-state index contributed by atoms with van der Waals surface area (Å²) in [5, 5.41) is 19.8. The van der Waals surface area contributed by atoms with Gasteiger partial charge in [-0.2, -0.15) is 11.8 Å². The summed E-state index contributed by atoms with van der Waals surface area (Å²) in [5.74, 6) is 1.04. The van der Waals surface area contributed by atoms with Crippen molar-refractivity contribution in [3.8, 4) is 0 Å². The van der Waals surface area contributed by atoms with E-state index in [9.17, 15) is 10.1 Å². The highest BCUT2D eigenvalue weighted by atomic mass is 35.5. The van der Waals surface area contributed by atoms with Crippen LogP contribution in [0.5, 0.6) is 0 Å². The molecule has 1 rings (SSSR count). The van der Waals surface area contributed by atoms with Crippen LogP contribution in [0, 0.1) is 10.1 Å². The quantitative estimate of drug-likeness (QED) is 0.493. The fourth-order valence-electron chi connectivity index (χ4n) is 1.09. The van der Waals surface area contributed by atoms with Crippen LogP contribution in [0.4, 0.5) is 5.69 Å². The molecule has 0 atom stereocenters. The Hall–Kier alpha value is -0.780. The third-order valence-corrected chi connectivity index (χ3v) is 2.95. The second-order valence-corrected chi connectivity index (χ2v) is 4.35. The molecule has 6 heteroatoms. The second-order valence-electron chi connectivity index (χ2n) is 2.81. The van der Waals surface area contributed by atoms with Crippen LogP contribution in [0.2, 0.25) is 5.02 Å². The van der Waals surface area contributed by atoms with Crippen molar-refractivity contribution >= 4 is 29.1 Å². The number of thioether (sulfide) groups is 1. The molecular weight excluding hydrogens is 238 g/mol. The molecule has 0 spiro atoms. The molecule has 1 aromatic rings. The second kappa shape index (κ2) is 5.95. The number of nitro benzene ring substituents is 1. The Balaban J connectivity index is 2.82. The molecule has 0 radical (unpaired) electrons. The monoisotopic (exact) mass is 247 g/mol. The van der Waals surface area contributed by atoms with Gasteiger partial charge in [-0.05, 0) is 12.1 Å². The van der Waals surface area contributed by atoms with Crippen molar-refractivity contribution < 1.29 is 10.0 Å². The van der Waals surface area contributed by atoms with E-state index in [0.717, 1.165) is 0 Å². The number of aliphatic hydroxyl groups is 1. The van der Waals surface area contributed by atoms with Gasteiger partial charge in [-0.3, -0.25) is 10.1 Å². The summed E-state index contributed by atoms with van der Waals surface area (Å²) < 4.78 is 0. The molecule has 0 amide bonds. The van der Waals surface area contributed by atoms with Crippen molar-refractivity contribution in [1.29, 1.82) is 0 Å². The smallest absolute Gasteiger partial charge is 0.273 e. The lowest BCUT2D eigenvalue weighted by Gasteiger charge is -2.02. The molecule has 0 fully saturated rings. The molecule has 0 aliphatic heterocycles. The SMILES string of the molecule is O=[N+]([O-])c1ccc(Cl)cc1CSCCO. The zero-order valence-corrected chi connectivity index (χ0v) is 9.42. The molecule has 0 aromatic heterocycles. The fraction of sp³-hybridized carbons (Fsp3) is 0.333. The Bertz CT molecular complexity index is 359. The van der Waals surface area contributed by atoms with E-state index in [1.54, 1.807) is 6.07 Å². The van der Waals surface area contributed by atoms with Crippen molar-refractivity contribution in [1.82, 2.24) is 0 Å². The highest BCUT2D eigenvalue weighted by molar-refractivity contribution is 7.98. The zero-order chi connectivity index (χ0) is 11.3. The summed E-state index contributed by atoms with van der Waals surface area (Å²) in [6.45, 7) is 0.0685. The molecule has 15 heavy (non-hydrogen) atoms. The number of halogens is 1. The van der Waals surface area contributed by atoms with Gasteiger partial charge in [0.05, 0.1) is 11.5 Å². The van der Waals surface area contributed by atoms with Crippen molar-refractivity contribution in [3.63, 3.8) is 0 Å². The maximum Gasteiger partial charge on any atom is 0.273 e. The Morgan fingerprint density at radius 1 is 1.53 bits per heavy atom. The maximum atomic E-state index is 10.7. The van der Waals surface area contributed by atoms with Crippen LogP contribution in [-0.4, -0.2) is 22.4 Å². The van der Waals surface area contributed by atoms with Gasteiger partial charge in [-0.1, -0.05) is 11.6 Å². The number of rotatable bonds is 5. The van der Waals surface area contributed by atoms with Crippen molar-refractivity contribution in [3.05, 3.63) is 38.9 Å². The standard InChI is InChI=1S/C9H10ClNO3S/c10-8-1-2-9(11(13)14)7(5-8)6-15-4-3-12/h1-2,5,12H,3-4,6H2. The van der Waals surface area contributed by atoms with Crippen molar-refractivity contribution in [2.75, 3.05) is 12.4 Å². The summed E-state index contributed by atoms with van der Waals surface area (Å²) in [7, 11) is 0.